The van der Waals surface area contributed by atoms with Crippen LogP contribution in [0.5, 0.6) is 5.75 Å². The summed E-state index contributed by atoms with van der Waals surface area (Å²) in [5, 5.41) is 9.20. The SMILES string of the molecule is COc1ccc2cc(C(=O)N3CCn4c(C)nnc4C3)[nH]c2c1. The maximum atomic E-state index is 12.7. The highest BCUT2D eigenvalue weighted by molar-refractivity contribution is 5.98. The normalized spacial score (nSPS) is 14.1. The number of nitrogens with zero attached hydrogens (tertiary/aromatic N) is 4. The van der Waals surface area contributed by atoms with E-state index in [-0.39, 0.29) is 5.91 Å². The van der Waals surface area contributed by atoms with Crippen molar-refractivity contribution in [3.63, 3.8) is 0 Å². The molecule has 1 N–H and O–H groups in total. The Kier molecular flexibility index (Phi) is 3.07. The fourth-order valence-electron chi connectivity index (χ4n) is 3.00. The van der Waals surface area contributed by atoms with E-state index >= 15 is 0 Å². The molecule has 0 spiro atoms. The number of H-pyrrole nitrogens is 1. The van der Waals surface area contributed by atoms with Crippen molar-refractivity contribution >= 4 is 16.8 Å². The molecule has 3 heterocycles. The summed E-state index contributed by atoms with van der Waals surface area (Å²) in [6.45, 7) is 3.80. The van der Waals surface area contributed by atoms with Crippen molar-refractivity contribution < 1.29 is 9.53 Å². The Hall–Kier alpha value is -2.83. The zero-order valence-electron chi connectivity index (χ0n) is 13.0. The van der Waals surface area contributed by atoms with E-state index in [1.54, 1.807) is 12.0 Å². The number of ether oxygens (including phenoxy) is 1. The summed E-state index contributed by atoms with van der Waals surface area (Å²) in [6, 6.07) is 7.60. The van der Waals surface area contributed by atoms with Crippen molar-refractivity contribution in [2.45, 2.75) is 20.0 Å². The third-order valence-corrected chi connectivity index (χ3v) is 4.29. The van der Waals surface area contributed by atoms with E-state index in [9.17, 15) is 4.79 Å². The second-order valence-electron chi connectivity index (χ2n) is 5.68. The highest BCUT2D eigenvalue weighted by Gasteiger charge is 2.25. The second kappa shape index (κ2) is 5.12. The topological polar surface area (TPSA) is 76.0 Å². The van der Waals surface area contributed by atoms with Crippen LogP contribution in [-0.2, 0) is 13.1 Å². The summed E-state index contributed by atoms with van der Waals surface area (Å²) in [4.78, 5) is 17.7. The number of amides is 1. The van der Waals surface area contributed by atoms with Crippen LogP contribution in [0.2, 0.25) is 0 Å². The van der Waals surface area contributed by atoms with Crippen LogP contribution in [0.3, 0.4) is 0 Å². The number of fused-ring (bicyclic) bond motifs is 2. The van der Waals surface area contributed by atoms with Gasteiger partial charge in [-0.25, -0.2) is 0 Å². The van der Waals surface area contributed by atoms with Crippen LogP contribution in [0.4, 0.5) is 0 Å². The molecule has 1 aliphatic rings. The van der Waals surface area contributed by atoms with Crippen LogP contribution >= 0.6 is 0 Å². The maximum absolute atomic E-state index is 12.7. The Labute approximate surface area is 132 Å². The predicted octanol–water partition coefficient (Wildman–Crippen LogP) is 1.73. The van der Waals surface area contributed by atoms with Crippen LogP contribution in [0.1, 0.15) is 22.1 Å². The molecular formula is C16H17N5O2. The summed E-state index contributed by atoms with van der Waals surface area (Å²) in [5.41, 5.74) is 1.47. The van der Waals surface area contributed by atoms with Gasteiger partial charge >= 0.3 is 0 Å². The standard InChI is InChI=1S/C16H17N5O2/c1-10-18-19-15-9-20(5-6-21(10)15)16(22)14-7-11-3-4-12(23-2)8-13(11)17-14/h3-4,7-8,17H,5-6,9H2,1-2H3. The molecule has 0 saturated heterocycles. The summed E-state index contributed by atoms with van der Waals surface area (Å²) in [7, 11) is 1.63. The van der Waals surface area contributed by atoms with Crippen molar-refractivity contribution in [1.29, 1.82) is 0 Å². The molecular weight excluding hydrogens is 294 g/mol. The lowest BCUT2D eigenvalue weighted by molar-refractivity contribution is 0.0701. The second-order valence-corrected chi connectivity index (χ2v) is 5.68. The van der Waals surface area contributed by atoms with Gasteiger partial charge in [-0.05, 0) is 25.1 Å². The number of aromatic amines is 1. The van der Waals surface area contributed by atoms with Gasteiger partial charge in [0.15, 0.2) is 5.82 Å². The van der Waals surface area contributed by atoms with Crippen LogP contribution in [0.15, 0.2) is 24.3 Å². The van der Waals surface area contributed by atoms with E-state index in [1.807, 2.05) is 31.2 Å². The van der Waals surface area contributed by atoms with Crippen molar-refractivity contribution in [3.05, 3.63) is 41.6 Å². The molecule has 0 atom stereocenters. The van der Waals surface area contributed by atoms with Gasteiger partial charge in [0.05, 0.1) is 13.7 Å². The van der Waals surface area contributed by atoms with Gasteiger partial charge in [-0.3, -0.25) is 4.79 Å². The minimum absolute atomic E-state index is 0.0212. The molecule has 0 fully saturated rings. The molecule has 2 aromatic heterocycles. The predicted molar refractivity (Wildman–Crippen MR) is 84.4 cm³/mol. The third kappa shape index (κ3) is 2.25. The third-order valence-electron chi connectivity index (χ3n) is 4.29. The van der Waals surface area contributed by atoms with E-state index < -0.39 is 0 Å². The molecule has 118 valence electrons. The van der Waals surface area contributed by atoms with Gasteiger partial charge in [0.2, 0.25) is 0 Å². The van der Waals surface area contributed by atoms with Crippen LogP contribution < -0.4 is 4.74 Å². The first-order chi connectivity index (χ1) is 11.2. The number of hydrogen-bond donors (Lipinski definition) is 1. The molecule has 0 saturated carbocycles. The number of benzene rings is 1. The van der Waals surface area contributed by atoms with Crippen molar-refractivity contribution in [1.82, 2.24) is 24.6 Å². The van der Waals surface area contributed by atoms with Crippen molar-refractivity contribution in [2.24, 2.45) is 0 Å². The number of nitrogens with one attached hydrogen (secondary N) is 1. The molecule has 0 aliphatic carbocycles. The molecule has 4 rings (SSSR count). The van der Waals surface area contributed by atoms with Crippen molar-refractivity contribution in [3.8, 4) is 5.75 Å². The lowest BCUT2D eigenvalue weighted by Crippen LogP contribution is -2.38. The lowest BCUT2D eigenvalue weighted by atomic mass is 10.2. The molecule has 3 aromatic rings. The molecule has 0 radical (unpaired) electrons. The first-order valence-corrected chi connectivity index (χ1v) is 7.50. The average Bonchev–Trinajstić information content (AvgIpc) is 3.17. The highest BCUT2D eigenvalue weighted by Crippen LogP contribution is 2.23. The first-order valence-electron chi connectivity index (χ1n) is 7.50. The Morgan fingerprint density at radius 1 is 1.26 bits per heavy atom. The van der Waals surface area contributed by atoms with Crippen molar-refractivity contribution in [2.75, 3.05) is 13.7 Å². The summed E-state index contributed by atoms with van der Waals surface area (Å²) in [6.07, 6.45) is 0. The van der Waals surface area contributed by atoms with Gasteiger partial charge in [-0.2, -0.15) is 0 Å². The molecule has 1 aromatic carbocycles. The van der Waals surface area contributed by atoms with E-state index in [4.69, 9.17) is 4.74 Å². The first kappa shape index (κ1) is 13.8. The number of carbonyl (C=O) groups excluding carboxylic acids is 1. The minimum atomic E-state index is -0.0212. The smallest absolute Gasteiger partial charge is 0.270 e. The van der Waals surface area contributed by atoms with Crippen LogP contribution in [0.25, 0.3) is 10.9 Å². The fraction of sp³-hybridized carbons (Fsp3) is 0.312. The number of methoxy groups -OCH3 is 1. The number of carbonyl (C=O) groups is 1. The Balaban J connectivity index is 1.62. The molecule has 0 unspecified atom stereocenters. The molecule has 7 heteroatoms. The van der Waals surface area contributed by atoms with Gasteiger partial charge in [-0.15, -0.1) is 10.2 Å². The molecule has 1 aliphatic heterocycles. The van der Waals surface area contributed by atoms with Crippen LogP contribution in [0, 0.1) is 6.92 Å². The highest BCUT2D eigenvalue weighted by atomic mass is 16.5. The molecule has 0 bridgehead atoms. The van der Waals surface area contributed by atoms with E-state index in [0.717, 1.165) is 34.8 Å². The Bertz CT molecular complexity index is 895. The monoisotopic (exact) mass is 311 g/mol. The van der Waals surface area contributed by atoms with E-state index in [2.05, 4.69) is 19.7 Å². The average molecular weight is 311 g/mol. The van der Waals surface area contributed by atoms with Gasteiger partial charge in [0.25, 0.3) is 5.91 Å². The quantitative estimate of drug-likeness (QED) is 0.782. The number of aromatic nitrogens is 4. The fourth-order valence-corrected chi connectivity index (χ4v) is 3.00. The van der Waals surface area contributed by atoms with Gasteiger partial charge in [0, 0.05) is 30.1 Å². The molecule has 23 heavy (non-hydrogen) atoms. The number of hydrogen-bond acceptors (Lipinski definition) is 4. The van der Waals surface area contributed by atoms with Crippen LogP contribution in [-0.4, -0.2) is 44.2 Å². The minimum Gasteiger partial charge on any atom is -0.497 e. The maximum Gasteiger partial charge on any atom is 0.270 e. The Morgan fingerprint density at radius 3 is 2.96 bits per heavy atom. The Morgan fingerprint density at radius 2 is 2.13 bits per heavy atom. The van der Waals surface area contributed by atoms with Gasteiger partial charge in [-0.1, -0.05) is 0 Å². The zero-order valence-corrected chi connectivity index (χ0v) is 13.0. The van der Waals surface area contributed by atoms with Gasteiger partial charge in [0.1, 0.15) is 17.3 Å². The molecule has 7 nitrogen and oxygen atoms in total. The summed E-state index contributed by atoms with van der Waals surface area (Å²) in [5.74, 6) is 2.47. The largest absolute Gasteiger partial charge is 0.497 e. The summed E-state index contributed by atoms with van der Waals surface area (Å²) < 4.78 is 7.27. The van der Waals surface area contributed by atoms with E-state index in [0.29, 0.717) is 18.8 Å². The van der Waals surface area contributed by atoms with Gasteiger partial charge < -0.3 is 19.2 Å². The number of aryl methyl sites for hydroxylation is 1. The lowest BCUT2D eigenvalue weighted by Gasteiger charge is -2.27. The molecule has 1 amide bonds. The summed E-state index contributed by atoms with van der Waals surface area (Å²) >= 11 is 0. The number of rotatable bonds is 2. The zero-order chi connectivity index (χ0) is 16.0. The van der Waals surface area contributed by atoms with E-state index in [1.165, 1.54) is 0 Å².